The molecule has 1 fully saturated rings. The van der Waals surface area contributed by atoms with Crippen molar-refractivity contribution in [2.24, 2.45) is 0 Å². The van der Waals surface area contributed by atoms with Gasteiger partial charge in [-0.1, -0.05) is 19.4 Å². The van der Waals surface area contributed by atoms with Crippen LogP contribution in [0, 0.1) is 6.92 Å². The second-order valence-corrected chi connectivity index (χ2v) is 7.31. The number of piperidine rings is 1. The van der Waals surface area contributed by atoms with Gasteiger partial charge in [0.1, 0.15) is 0 Å². The highest BCUT2D eigenvalue weighted by Gasteiger charge is 2.32. The summed E-state index contributed by atoms with van der Waals surface area (Å²) < 4.78 is 27.2. The summed E-state index contributed by atoms with van der Waals surface area (Å²) in [5.74, 6) is 0. The van der Waals surface area contributed by atoms with E-state index in [1.165, 1.54) is 0 Å². The molecule has 2 rings (SSSR count). The van der Waals surface area contributed by atoms with Crippen molar-refractivity contribution < 1.29 is 13.5 Å². The van der Waals surface area contributed by atoms with E-state index in [2.05, 4.69) is 0 Å². The van der Waals surface area contributed by atoms with Crippen LogP contribution < -0.4 is 0 Å². The molecule has 112 valence electrons. The summed E-state index contributed by atoms with van der Waals surface area (Å²) in [7, 11) is -3.45. The second-order valence-electron chi connectivity index (χ2n) is 5.42. The lowest BCUT2D eigenvalue weighted by Crippen LogP contribution is -2.43. The molecule has 0 aliphatic carbocycles. The fourth-order valence-corrected chi connectivity index (χ4v) is 4.63. The Morgan fingerprint density at radius 2 is 2.10 bits per heavy atom. The average molecular weight is 297 g/mol. The average Bonchev–Trinajstić information content (AvgIpc) is 2.47. The van der Waals surface area contributed by atoms with Crippen molar-refractivity contribution in [3.8, 4) is 0 Å². The number of aliphatic hydroxyl groups is 1. The third-order valence-electron chi connectivity index (χ3n) is 4.14. The lowest BCUT2D eigenvalue weighted by molar-refractivity contribution is 0.246. The highest BCUT2D eigenvalue weighted by molar-refractivity contribution is 7.89. The number of benzene rings is 1. The summed E-state index contributed by atoms with van der Waals surface area (Å²) in [4.78, 5) is 0.299. The van der Waals surface area contributed by atoms with Gasteiger partial charge in [0.05, 0.1) is 11.5 Å². The van der Waals surface area contributed by atoms with Crippen LogP contribution in [0.5, 0.6) is 0 Å². The van der Waals surface area contributed by atoms with Crippen molar-refractivity contribution in [2.45, 2.75) is 57.1 Å². The topological polar surface area (TPSA) is 57.6 Å². The third kappa shape index (κ3) is 2.90. The van der Waals surface area contributed by atoms with Gasteiger partial charge in [-0.3, -0.25) is 0 Å². The molecule has 4 nitrogen and oxygen atoms in total. The standard InChI is InChI=1S/C15H23NO3S/c1-3-14-6-4-5-9-16(14)20(18,19)15-8-7-12(2)13(10-15)11-17/h7-8,10,14,17H,3-6,9,11H2,1-2H3. The molecule has 0 bridgehead atoms. The Morgan fingerprint density at radius 3 is 2.75 bits per heavy atom. The quantitative estimate of drug-likeness (QED) is 0.928. The largest absolute Gasteiger partial charge is 0.392 e. The van der Waals surface area contributed by atoms with Gasteiger partial charge in [-0.15, -0.1) is 0 Å². The van der Waals surface area contributed by atoms with Crippen LogP contribution in [0.2, 0.25) is 0 Å². The Kier molecular flexibility index (Phi) is 4.83. The van der Waals surface area contributed by atoms with Crippen LogP contribution >= 0.6 is 0 Å². The molecule has 0 spiro atoms. The smallest absolute Gasteiger partial charge is 0.243 e. The minimum Gasteiger partial charge on any atom is -0.392 e. The van der Waals surface area contributed by atoms with E-state index in [1.807, 2.05) is 13.8 Å². The van der Waals surface area contributed by atoms with E-state index in [4.69, 9.17) is 0 Å². The molecule has 5 heteroatoms. The van der Waals surface area contributed by atoms with Gasteiger partial charge in [-0.25, -0.2) is 8.42 Å². The van der Waals surface area contributed by atoms with E-state index >= 15 is 0 Å². The van der Waals surface area contributed by atoms with Crippen molar-refractivity contribution in [1.29, 1.82) is 0 Å². The zero-order chi connectivity index (χ0) is 14.8. The Hall–Kier alpha value is -0.910. The Balaban J connectivity index is 2.38. The van der Waals surface area contributed by atoms with Crippen LogP contribution in [0.25, 0.3) is 0 Å². The summed E-state index contributed by atoms with van der Waals surface area (Å²) in [6, 6.07) is 5.12. The number of hydrogen-bond donors (Lipinski definition) is 1. The monoisotopic (exact) mass is 297 g/mol. The lowest BCUT2D eigenvalue weighted by atomic mass is 10.0. The number of nitrogens with zero attached hydrogens (tertiary/aromatic N) is 1. The molecule has 0 radical (unpaired) electrons. The van der Waals surface area contributed by atoms with Gasteiger partial charge in [0.2, 0.25) is 10.0 Å². The Labute approximate surface area is 121 Å². The van der Waals surface area contributed by atoms with Gasteiger partial charge in [0.15, 0.2) is 0 Å². The number of hydrogen-bond acceptors (Lipinski definition) is 3. The van der Waals surface area contributed by atoms with E-state index in [-0.39, 0.29) is 12.6 Å². The van der Waals surface area contributed by atoms with Crippen molar-refractivity contribution in [3.05, 3.63) is 29.3 Å². The van der Waals surface area contributed by atoms with Crippen LogP contribution in [0.4, 0.5) is 0 Å². The molecule has 20 heavy (non-hydrogen) atoms. The summed E-state index contributed by atoms with van der Waals surface area (Å²) >= 11 is 0. The van der Waals surface area contributed by atoms with Gasteiger partial charge in [0.25, 0.3) is 0 Å². The molecule has 1 aliphatic heterocycles. The molecule has 1 N–H and O–H groups in total. The highest BCUT2D eigenvalue weighted by Crippen LogP contribution is 2.27. The van der Waals surface area contributed by atoms with Gasteiger partial charge in [-0.2, -0.15) is 4.31 Å². The van der Waals surface area contributed by atoms with Crippen LogP contribution in [0.1, 0.15) is 43.7 Å². The fourth-order valence-electron chi connectivity index (χ4n) is 2.81. The maximum Gasteiger partial charge on any atom is 0.243 e. The van der Waals surface area contributed by atoms with Crippen molar-refractivity contribution in [2.75, 3.05) is 6.54 Å². The number of aryl methyl sites for hydroxylation is 1. The molecule has 0 amide bonds. The summed E-state index contributed by atoms with van der Waals surface area (Å²) in [5.41, 5.74) is 1.59. The van der Waals surface area contributed by atoms with Crippen molar-refractivity contribution >= 4 is 10.0 Å². The molecule has 1 atom stereocenters. The first-order valence-electron chi connectivity index (χ1n) is 7.23. The molecule has 0 aromatic heterocycles. The van der Waals surface area contributed by atoms with E-state index in [9.17, 15) is 13.5 Å². The molecule has 1 aliphatic rings. The first kappa shape index (κ1) is 15.5. The number of sulfonamides is 1. The van der Waals surface area contributed by atoms with E-state index < -0.39 is 10.0 Å². The van der Waals surface area contributed by atoms with E-state index in [0.717, 1.165) is 31.2 Å². The maximum atomic E-state index is 12.8. The molecule has 1 aromatic rings. The van der Waals surface area contributed by atoms with Crippen LogP contribution in [-0.2, 0) is 16.6 Å². The maximum absolute atomic E-state index is 12.8. The lowest BCUT2D eigenvalue weighted by Gasteiger charge is -2.34. The first-order chi connectivity index (χ1) is 9.50. The summed E-state index contributed by atoms with van der Waals surface area (Å²) in [5, 5.41) is 9.31. The predicted molar refractivity (Wildman–Crippen MR) is 78.9 cm³/mol. The normalized spacial score (nSPS) is 21.1. The van der Waals surface area contributed by atoms with Crippen molar-refractivity contribution in [1.82, 2.24) is 4.31 Å². The van der Waals surface area contributed by atoms with Crippen LogP contribution in [0.3, 0.4) is 0 Å². The third-order valence-corrected chi connectivity index (χ3v) is 6.09. The Bertz CT molecular complexity index is 568. The number of aliphatic hydroxyl groups excluding tert-OH is 1. The fraction of sp³-hybridized carbons (Fsp3) is 0.600. The first-order valence-corrected chi connectivity index (χ1v) is 8.67. The summed E-state index contributed by atoms with van der Waals surface area (Å²) in [6.45, 7) is 4.38. The molecule has 1 unspecified atom stereocenters. The Morgan fingerprint density at radius 1 is 1.35 bits per heavy atom. The molecular weight excluding hydrogens is 274 g/mol. The predicted octanol–water partition coefficient (Wildman–Crippen LogP) is 2.44. The minimum absolute atomic E-state index is 0.104. The van der Waals surface area contributed by atoms with Gasteiger partial charge in [-0.05, 0) is 49.4 Å². The SMILES string of the molecule is CCC1CCCCN1S(=O)(=O)c1ccc(C)c(CO)c1. The van der Waals surface area contributed by atoms with Crippen LogP contribution in [-0.4, -0.2) is 30.4 Å². The second kappa shape index (κ2) is 6.24. The zero-order valence-corrected chi connectivity index (χ0v) is 13.0. The molecule has 1 saturated heterocycles. The van der Waals surface area contributed by atoms with Crippen molar-refractivity contribution in [3.63, 3.8) is 0 Å². The van der Waals surface area contributed by atoms with E-state index in [1.54, 1.807) is 22.5 Å². The molecule has 0 saturated carbocycles. The molecule has 1 aromatic carbocycles. The van der Waals surface area contributed by atoms with Gasteiger partial charge in [0, 0.05) is 12.6 Å². The van der Waals surface area contributed by atoms with Gasteiger partial charge < -0.3 is 5.11 Å². The highest BCUT2D eigenvalue weighted by atomic mass is 32.2. The minimum atomic E-state index is -3.45. The van der Waals surface area contributed by atoms with Gasteiger partial charge >= 0.3 is 0 Å². The van der Waals surface area contributed by atoms with E-state index in [0.29, 0.717) is 17.0 Å². The molecular formula is C15H23NO3S. The zero-order valence-electron chi connectivity index (χ0n) is 12.2. The van der Waals surface area contributed by atoms with Crippen LogP contribution in [0.15, 0.2) is 23.1 Å². The molecule has 1 heterocycles. The summed E-state index contributed by atoms with van der Waals surface area (Å²) in [6.07, 6.45) is 3.81. The number of rotatable bonds is 4.